The number of methoxy groups -OCH3 is 1. The Labute approximate surface area is 122 Å². The predicted octanol–water partition coefficient (Wildman–Crippen LogP) is 2.57. The highest BCUT2D eigenvalue weighted by Crippen LogP contribution is 2.19. The highest BCUT2D eigenvalue weighted by Gasteiger charge is 2.15. The van der Waals surface area contributed by atoms with Crippen LogP contribution in [0.1, 0.15) is 21.9 Å². The molecule has 0 fully saturated rings. The molecule has 2 heterocycles. The summed E-state index contributed by atoms with van der Waals surface area (Å²) in [6.45, 7) is 2.43. The summed E-state index contributed by atoms with van der Waals surface area (Å²) < 4.78 is 6.66. The van der Waals surface area contributed by atoms with Gasteiger partial charge in [0.05, 0.1) is 25.4 Å². The molecule has 0 radical (unpaired) electrons. The van der Waals surface area contributed by atoms with Gasteiger partial charge in [-0.1, -0.05) is 18.2 Å². The number of carbonyl (C=O) groups excluding carboxylic acids is 1. The topological polar surface area (TPSA) is 57.0 Å². The number of ether oxygens (including phenoxy) is 1. The minimum Gasteiger partial charge on any atom is -0.464 e. The van der Waals surface area contributed by atoms with Crippen LogP contribution in [-0.4, -0.2) is 27.6 Å². The van der Waals surface area contributed by atoms with Crippen LogP contribution in [0.15, 0.2) is 42.7 Å². The maximum absolute atomic E-state index is 11.8. The Kier molecular flexibility index (Phi) is 3.39. The number of aromatic nitrogens is 3. The van der Waals surface area contributed by atoms with E-state index in [9.17, 15) is 4.79 Å². The summed E-state index contributed by atoms with van der Waals surface area (Å²) in [4.78, 5) is 20.4. The second kappa shape index (κ2) is 5.36. The molecule has 106 valence electrons. The Bertz CT molecular complexity index is 803. The molecule has 0 saturated carbocycles. The second-order valence-corrected chi connectivity index (χ2v) is 4.76. The number of hydrogen-bond acceptors (Lipinski definition) is 4. The molecule has 0 unspecified atom stereocenters. The van der Waals surface area contributed by atoms with Gasteiger partial charge in [-0.15, -0.1) is 0 Å². The van der Waals surface area contributed by atoms with Gasteiger partial charge in [0, 0.05) is 11.6 Å². The third-order valence-corrected chi connectivity index (χ3v) is 3.52. The average molecular weight is 281 g/mol. The summed E-state index contributed by atoms with van der Waals surface area (Å²) in [5.74, 6) is 0.394. The molecule has 5 heteroatoms. The van der Waals surface area contributed by atoms with E-state index in [4.69, 9.17) is 4.74 Å². The van der Waals surface area contributed by atoms with Crippen molar-refractivity contribution in [3.63, 3.8) is 0 Å². The molecule has 0 N–H and O–H groups in total. The normalized spacial score (nSPS) is 10.8. The van der Waals surface area contributed by atoms with Crippen molar-refractivity contribution in [1.29, 1.82) is 0 Å². The number of hydrogen-bond donors (Lipinski definition) is 0. The molecule has 0 aliphatic rings. The van der Waals surface area contributed by atoms with Gasteiger partial charge in [0.2, 0.25) is 0 Å². The van der Waals surface area contributed by atoms with Gasteiger partial charge >= 0.3 is 5.97 Å². The maximum Gasteiger partial charge on any atom is 0.356 e. The van der Waals surface area contributed by atoms with Crippen molar-refractivity contribution < 1.29 is 9.53 Å². The molecular formula is C16H15N3O2. The first kappa shape index (κ1) is 13.3. The number of benzene rings is 1. The predicted molar refractivity (Wildman–Crippen MR) is 79.1 cm³/mol. The van der Waals surface area contributed by atoms with Crippen LogP contribution in [0.4, 0.5) is 0 Å². The van der Waals surface area contributed by atoms with Gasteiger partial charge in [0.1, 0.15) is 11.5 Å². The fraction of sp³-hybridized carbons (Fsp3) is 0.188. The van der Waals surface area contributed by atoms with E-state index in [1.807, 2.05) is 41.8 Å². The molecule has 0 aliphatic carbocycles. The zero-order chi connectivity index (χ0) is 14.8. The summed E-state index contributed by atoms with van der Waals surface area (Å²) in [7, 11) is 1.37. The van der Waals surface area contributed by atoms with Gasteiger partial charge in [0.15, 0.2) is 0 Å². The standard InChI is InChI=1S/C16H15N3O2/c1-11-18-9-15(16(20)21-2)19(11)10-12-7-8-17-14-6-4-3-5-13(12)14/h3-9H,10H2,1-2H3. The molecule has 0 bridgehead atoms. The van der Waals surface area contributed by atoms with Crippen molar-refractivity contribution >= 4 is 16.9 Å². The first-order valence-corrected chi connectivity index (χ1v) is 6.64. The molecule has 5 nitrogen and oxygen atoms in total. The number of nitrogens with zero attached hydrogens (tertiary/aromatic N) is 3. The van der Waals surface area contributed by atoms with E-state index < -0.39 is 0 Å². The number of carbonyl (C=O) groups is 1. The molecule has 1 aromatic carbocycles. The number of aryl methyl sites for hydroxylation is 1. The summed E-state index contributed by atoms with van der Waals surface area (Å²) in [6.07, 6.45) is 3.33. The molecule has 0 aliphatic heterocycles. The molecule has 3 aromatic rings. The zero-order valence-electron chi connectivity index (χ0n) is 11.9. The minimum atomic E-state index is -0.381. The van der Waals surface area contributed by atoms with Gasteiger partial charge in [0.25, 0.3) is 0 Å². The quantitative estimate of drug-likeness (QED) is 0.692. The van der Waals surface area contributed by atoms with E-state index in [0.29, 0.717) is 12.2 Å². The third-order valence-electron chi connectivity index (χ3n) is 3.52. The highest BCUT2D eigenvalue weighted by molar-refractivity contribution is 5.87. The molecule has 0 amide bonds. The van der Waals surface area contributed by atoms with Crippen molar-refractivity contribution in [1.82, 2.24) is 14.5 Å². The molecule has 0 spiro atoms. The molecule has 0 atom stereocenters. The highest BCUT2D eigenvalue weighted by atomic mass is 16.5. The van der Waals surface area contributed by atoms with Crippen molar-refractivity contribution in [2.75, 3.05) is 7.11 Å². The lowest BCUT2D eigenvalue weighted by Crippen LogP contribution is -2.13. The minimum absolute atomic E-state index is 0.381. The van der Waals surface area contributed by atoms with Crippen molar-refractivity contribution in [3.05, 3.63) is 59.8 Å². The molecule has 0 saturated heterocycles. The van der Waals surface area contributed by atoms with E-state index in [-0.39, 0.29) is 5.97 Å². The monoisotopic (exact) mass is 281 g/mol. The van der Waals surface area contributed by atoms with E-state index in [2.05, 4.69) is 9.97 Å². The Morgan fingerprint density at radius 3 is 2.86 bits per heavy atom. The Balaban J connectivity index is 2.07. The first-order valence-electron chi connectivity index (χ1n) is 6.64. The third kappa shape index (κ3) is 2.38. The van der Waals surface area contributed by atoms with Crippen molar-refractivity contribution in [3.8, 4) is 0 Å². The maximum atomic E-state index is 11.8. The van der Waals surface area contributed by atoms with Gasteiger partial charge in [-0.3, -0.25) is 4.98 Å². The first-order chi connectivity index (χ1) is 10.2. The number of para-hydroxylation sites is 1. The van der Waals surface area contributed by atoms with Gasteiger partial charge < -0.3 is 9.30 Å². The fourth-order valence-electron chi connectivity index (χ4n) is 2.40. The lowest BCUT2D eigenvalue weighted by molar-refractivity contribution is 0.0588. The van der Waals surface area contributed by atoms with Crippen LogP contribution in [0.3, 0.4) is 0 Å². The van der Waals surface area contributed by atoms with Gasteiger partial charge in [-0.25, -0.2) is 9.78 Å². The Morgan fingerprint density at radius 1 is 1.24 bits per heavy atom. The van der Waals surface area contributed by atoms with Crippen LogP contribution in [-0.2, 0) is 11.3 Å². The zero-order valence-corrected chi connectivity index (χ0v) is 11.9. The lowest BCUT2D eigenvalue weighted by atomic mass is 10.1. The summed E-state index contributed by atoms with van der Waals surface area (Å²) in [6, 6.07) is 9.91. The van der Waals surface area contributed by atoms with Crippen LogP contribution < -0.4 is 0 Å². The number of rotatable bonds is 3. The molecular weight excluding hydrogens is 266 g/mol. The van der Waals surface area contributed by atoms with Crippen LogP contribution >= 0.6 is 0 Å². The van der Waals surface area contributed by atoms with Crippen LogP contribution in [0.2, 0.25) is 0 Å². The largest absolute Gasteiger partial charge is 0.464 e. The number of pyridine rings is 1. The number of esters is 1. The lowest BCUT2D eigenvalue weighted by Gasteiger charge is -2.11. The van der Waals surface area contributed by atoms with Crippen molar-refractivity contribution in [2.45, 2.75) is 13.5 Å². The number of imidazole rings is 1. The molecule has 3 rings (SSSR count). The number of fused-ring (bicyclic) bond motifs is 1. The Morgan fingerprint density at radius 2 is 2.05 bits per heavy atom. The molecule has 2 aromatic heterocycles. The van der Waals surface area contributed by atoms with Gasteiger partial charge in [-0.05, 0) is 24.6 Å². The van der Waals surface area contributed by atoms with Gasteiger partial charge in [-0.2, -0.15) is 0 Å². The fourth-order valence-corrected chi connectivity index (χ4v) is 2.40. The van der Waals surface area contributed by atoms with Crippen LogP contribution in [0.25, 0.3) is 10.9 Å². The SMILES string of the molecule is COC(=O)c1cnc(C)n1Cc1ccnc2ccccc12. The smallest absolute Gasteiger partial charge is 0.356 e. The second-order valence-electron chi connectivity index (χ2n) is 4.76. The van der Waals surface area contributed by atoms with Crippen molar-refractivity contribution in [2.24, 2.45) is 0 Å². The summed E-state index contributed by atoms with van der Waals surface area (Å²) >= 11 is 0. The van der Waals surface area contributed by atoms with E-state index in [1.165, 1.54) is 7.11 Å². The molecule has 21 heavy (non-hydrogen) atoms. The summed E-state index contributed by atoms with van der Waals surface area (Å²) in [5.41, 5.74) is 2.48. The van der Waals surface area contributed by atoms with Crippen LogP contribution in [0.5, 0.6) is 0 Å². The van der Waals surface area contributed by atoms with E-state index >= 15 is 0 Å². The Hall–Kier alpha value is -2.69. The van der Waals surface area contributed by atoms with Crippen LogP contribution in [0, 0.1) is 6.92 Å². The van der Waals surface area contributed by atoms with E-state index in [1.54, 1.807) is 12.4 Å². The average Bonchev–Trinajstić information content (AvgIpc) is 2.88. The summed E-state index contributed by atoms with van der Waals surface area (Å²) in [5, 5.41) is 1.07. The van der Waals surface area contributed by atoms with E-state index in [0.717, 1.165) is 22.3 Å².